The number of hydrogen-bond donors (Lipinski definition) is 2. The molecule has 0 fully saturated rings. The summed E-state index contributed by atoms with van der Waals surface area (Å²) in [7, 11) is 0. The molecule has 0 saturated heterocycles. The zero-order valence-electron chi connectivity index (χ0n) is 11.1. The van der Waals surface area contributed by atoms with Gasteiger partial charge in [0.2, 0.25) is 5.52 Å². The van der Waals surface area contributed by atoms with Crippen molar-refractivity contribution in [2.24, 2.45) is 0 Å². The smallest absolute Gasteiger partial charge is 0.307 e. The molecule has 2 rings (SSSR count). The van der Waals surface area contributed by atoms with Crippen molar-refractivity contribution < 1.29 is 11.4 Å². The molecule has 0 aliphatic rings. The van der Waals surface area contributed by atoms with Gasteiger partial charge in [-0.2, -0.15) is 4.98 Å². The fraction of sp³-hybridized carbons (Fsp3) is 0.286. The molecule has 3 N–H and O–H groups in total. The number of rotatable bonds is 1. The van der Waals surface area contributed by atoms with Crippen LogP contribution in [0.5, 0.6) is 0 Å². The molecule has 5 nitrogen and oxygen atoms in total. The SMILES string of the molecule is [2H]C([2H])([2H])C([2H])([2H])[n+]1c[nH]c2c(N)ncnc21. The molecular weight excluding hydrogens is 154 g/mol. The van der Waals surface area contributed by atoms with E-state index in [1.807, 2.05) is 0 Å². The van der Waals surface area contributed by atoms with Gasteiger partial charge in [-0.05, 0) is 6.85 Å². The summed E-state index contributed by atoms with van der Waals surface area (Å²) in [4.78, 5) is 10.2. The van der Waals surface area contributed by atoms with Crippen LogP contribution < -0.4 is 10.3 Å². The lowest BCUT2D eigenvalue weighted by atomic mass is 10.5. The van der Waals surface area contributed by atoms with Gasteiger partial charge in [-0.1, -0.05) is 4.98 Å². The van der Waals surface area contributed by atoms with Gasteiger partial charge in [-0.25, -0.2) is 4.57 Å². The van der Waals surface area contributed by atoms with Crippen LogP contribution in [0.25, 0.3) is 11.2 Å². The molecule has 2 heterocycles. The van der Waals surface area contributed by atoms with Crippen LogP contribution in [0.15, 0.2) is 12.7 Å². The number of nitrogen functional groups attached to an aromatic ring is 1. The average molecular weight is 169 g/mol. The molecule has 0 unspecified atom stereocenters. The fourth-order valence-corrected chi connectivity index (χ4v) is 0.986. The molecule has 2 aromatic heterocycles. The van der Waals surface area contributed by atoms with E-state index in [9.17, 15) is 0 Å². The summed E-state index contributed by atoms with van der Waals surface area (Å²) >= 11 is 0. The Balaban J connectivity index is 2.69. The van der Waals surface area contributed by atoms with E-state index >= 15 is 0 Å². The summed E-state index contributed by atoms with van der Waals surface area (Å²) < 4.78 is 37.7. The Morgan fingerprint density at radius 1 is 1.83 bits per heavy atom. The van der Waals surface area contributed by atoms with Gasteiger partial charge in [-0.3, -0.25) is 4.98 Å². The van der Waals surface area contributed by atoms with Crippen LogP contribution in [-0.4, -0.2) is 15.0 Å². The number of fused-ring (bicyclic) bond motifs is 1. The van der Waals surface area contributed by atoms with E-state index in [1.165, 1.54) is 6.33 Å². The highest BCUT2D eigenvalue weighted by molar-refractivity contribution is 5.77. The number of nitrogens with one attached hydrogen (secondary N) is 1. The first kappa shape index (κ1) is 3.38. The quantitative estimate of drug-likeness (QED) is 0.583. The molecule has 0 spiro atoms. The van der Waals surface area contributed by atoms with Crippen LogP contribution >= 0.6 is 0 Å². The van der Waals surface area contributed by atoms with E-state index in [0.29, 0.717) is 5.52 Å². The molecule has 0 aliphatic carbocycles. The number of H-pyrrole nitrogens is 1. The lowest BCUT2D eigenvalue weighted by Crippen LogP contribution is -2.30. The third kappa shape index (κ3) is 0.827. The predicted octanol–water partition coefficient (Wildman–Crippen LogP) is -0.153. The molecular formula is C7H10N5+. The summed E-state index contributed by atoms with van der Waals surface area (Å²) in [5.41, 5.74) is 5.98. The van der Waals surface area contributed by atoms with Crippen molar-refractivity contribution in [3.8, 4) is 0 Å². The van der Waals surface area contributed by atoms with Gasteiger partial charge in [-0.15, -0.1) is 0 Å². The minimum absolute atomic E-state index is 0.110. The van der Waals surface area contributed by atoms with Crippen molar-refractivity contribution >= 4 is 17.0 Å². The highest BCUT2D eigenvalue weighted by Gasteiger charge is 2.12. The van der Waals surface area contributed by atoms with Crippen LogP contribution in [0, 0.1) is 0 Å². The lowest BCUT2D eigenvalue weighted by molar-refractivity contribution is -0.669. The molecule has 0 amide bonds. The van der Waals surface area contributed by atoms with Crippen molar-refractivity contribution in [3.63, 3.8) is 0 Å². The van der Waals surface area contributed by atoms with Gasteiger partial charge in [0, 0.05) is 4.11 Å². The van der Waals surface area contributed by atoms with E-state index in [1.54, 1.807) is 0 Å². The number of aromatic amines is 1. The Labute approximate surface area is 76.3 Å². The van der Waals surface area contributed by atoms with E-state index in [4.69, 9.17) is 12.6 Å². The first-order valence-corrected chi connectivity index (χ1v) is 3.25. The maximum Gasteiger partial charge on any atom is 0.307 e. The molecule has 0 atom stereocenters. The van der Waals surface area contributed by atoms with E-state index in [-0.39, 0.29) is 11.5 Å². The first-order valence-electron chi connectivity index (χ1n) is 5.75. The summed E-state index contributed by atoms with van der Waals surface area (Å²) in [6, 6.07) is 0. The Hall–Kier alpha value is -1.65. The minimum Gasteiger partial charge on any atom is -0.380 e. The van der Waals surface area contributed by atoms with Crippen LogP contribution in [-0.2, 0) is 6.50 Å². The molecule has 0 radical (unpaired) electrons. The monoisotopic (exact) mass is 169 g/mol. The van der Waals surface area contributed by atoms with Crippen molar-refractivity contribution in [1.29, 1.82) is 0 Å². The van der Waals surface area contributed by atoms with Crippen LogP contribution in [0.4, 0.5) is 5.82 Å². The van der Waals surface area contributed by atoms with Crippen molar-refractivity contribution in [2.45, 2.75) is 13.3 Å². The Bertz CT molecular complexity index is 559. The third-order valence-corrected chi connectivity index (χ3v) is 1.54. The van der Waals surface area contributed by atoms with Crippen molar-refractivity contribution in [3.05, 3.63) is 12.7 Å². The fourth-order valence-electron chi connectivity index (χ4n) is 0.986. The van der Waals surface area contributed by atoms with Crippen LogP contribution in [0.2, 0.25) is 0 Å². The van der Waals surface area contributed by atoms with Crippen molar-refractivity contribution in [2.75, 3.05) is 5.73 Å². The maximum atomic E-state index is 7.63. The maximum absolute atomic E-state index is 7.63. The second-order valence-electron chi connectivity index (χ2n) is 2.21. The molecule has 2 aromatic rings. The Kier molecular flexibility index (Phi) is 0.688. The summed E-state index contributed by atoms with van der Waals surface area (Å²) in [6.45, 7) is -5.39. The van der Waals surface area contributed by atoms with Crippen LogP contribution in [0.1, 0.15) is 13.7 Å². The molecule has 0 aliphatic heterocycles. The van der Waals surface area contributed by atoms with E-state index < -0.39 is 13.3 Å². The summed E-state index contributed by atoms with van der Waals surface area (Å²) in [5.74, 6) is 0.134. The number of aryl methyl sites for hydroxylation is 1. The van der Waals surface area contributed by atoms with Gasteiger partial charge in [0.05, 0.1) is 9.24 Å². The van der Waals surface area contributed by atoms with E-state index in [2.05, 4.69) is 15.0 Å². The highest BCUT2D eigenvalue weighted by atomic mass is 15.1. The molecule has 0 saturated carbocycles. The first-order chi connectivity index (χ1) is 7.75. The second kappa shape index (κ2) is 2.44. The topological polar surface area (TPSA) is 71.5 Å². The number of nitrogens with two attached hydrogens (primary N) is 1. The Morgan fingerprint density at radius 2 is 2.75 bits per heavy atom. The molecule has 62 valence electrons. The van der Waals surface area contributed by atoms with Crippen molar-refractivity contribution in [1.82, 2.24) is 15.0 Å². The van der Waals surface area contributed by atoms with Gasteiger partial charge in [0.1, 0.15) is 0 Å². The van der Waals surface area contributed by atoms with Gasteiger partial charge < -0.3 is 5.73 Å². The van der Waals surface area contributed by atoms with Crippen LogP contribution in [0.3, 0.4) is 0 Å². The van der Waals surface area contributed by atoms with E-state index in [0.717, 1.165) is 10.9 Å². The lowest BCUT2D eigenvalue weighted by Gasteiger charge is -1.89. The largest absolute Gasteiger partial charge is 0.380 e. The molecule has 5 heteroatoms. The number of aromatic nitrogens is 4. The molecule has 0 bridgehead atoms. The Morgan fingerprint density at radius 3 is 3.58 bits per heavy atom. The predicted molar refractivity (Wildman–Crippen MR) is 44.2 cm³/mol. The van der Waals surface area contributed by atoms with Gasteiger partial charge in [0.25, 0.3) is 0 Å². The number of imidazole rings is 1. The number of nitrogens with zero attached hydrogens (tertiary/aromatic N) is 3. The number of anilines is 1. The second-order valence-corrected chi connectivity index (χ2v) is 2.21. The third-order valence-electron chi connectivity index (χ3n) is 1.54. The highest BCUT2D eigenvalue weighted by Crippen LogP contribution is 2.08. The zero-order chi connectivity index (χ0) is 12.8. The normalized spacial score (nSPS) is 19.2. The van der Waals surface area contributed by atoms with Gasteiger partial charge >= 0.3 is 5.65 Å². The minimum atomic E-state index is -2.81. The zero-order valence-corrected chi connectivity index (χ0v) is 6.07. The van der Waals surface area contributed by atoms with Gasteiger partial charge in [0.15, 0.2) is 18.5 Å². The molecule has 0 aromatic carbocycles. The summed E-state index contributed by atoms with van der Waals surface area (Å²) in [5, 5.41) is 0. The molecule has 12 heavy (non-hydrogen) atoms. The standard InChI is InChI=1S/C7H9N5/c1-2-12-4-11-5-6(8)9-3-10-7(5)12/h3-4H,2H2,1H3,(H2,8,9,10)/p+1/i1D3,2D2. The average Bonchev–Trinajstić information content (AvgIpc) is 2.61. The number of hydrogen-bond acceptors (Lipinski definition) is 3. The summed E-state index contributed by atoms with van der Waals surface area (Å²) in [6.07, 6.45) is 2.33.